The molecular weight excluding hydrogens is 219 g/mol. The summed E-state index contributed by atoms with van der Waals surface area (Å²) in [5.74, 6) is -1.26. The summed E-state index contributed by atoms with van der Waals surface area (Å²) in [4.78, 5) is 11.5. The van der Waals surface area contributed by atoms with Crippen LogP contribution in [-0.2, 0) is 10.2 Å². The second-order valence-electron chi connectivity index (χ2n) is 5.03. The molecule has 0 aliphatic heterocycles. The van der Waals surface area contributed by atoms with Gasteiger partial charge < -0.3 is 5.11 Å². The summed E-state index contributed by atoms with van der Waals surface area (Å²) in [7, 11) is 0. The summed E-state index contributed by atoms with van der Waals surface area (Å²) >= 11 is 0. The third-order valence-electron chi connectivity index (χ3n) is 3.78. The molecule has 0 aromatic heterocycles. The van der Waals surface area contributed by atoms with Gasteiger partial charge in [-0.3, -0.25) is 4.79 Å². The van der Waals surface area contributed by atoms with Crippen LogP contribution in [0.15, 0.2) is 12.1 Å². The fourth-order valence-electron chi connectivity index (χ4n) is 3.07. The van der Waals surface area contributed by atoms with Gasteiger partial charge in [0.05, 0.1) is 5.41 Å². The molecule has 1 aromatic carbocycles. The van der Waals surface area contributed by atoms with Crippen LogP contribution in [0.25, 0.3) is 0 Å². The molecule has 0 radical (unpaired) electrons. The molecule has 0 bridgehead atoms. The lowest BCUT2D eigenvalue weighted by Crippen LogP contribution is -2.34. The lowest BCUT2D eigenvalue weighted by molar-refractivity contribution is -0.143. The van der Waals surface area contributed by atoms with Gasteiger partial charge in [-0.2, -0.15) is 0 Å². The largest absolute Gasteiger partial charge is 0.481 e. The van der Waals surface area contributed by atoms with E-state index in [1.54, 1.807) is 6.92 Å². The van der Waals surface area contributed by atoms with Crippen molar-refractivity contribution in [3.63, 3.8) is 0 Å². The zero-order valence-electron chi connectivity index (χ0n) is 10.2. The quantitative estimate of drug-likeness (QED) is 0.855. The molecule has 0 spiro atoms. The smallest absolute Gasteiger partial charge is 0.314 e. The molecule has 1 aromatic rings. The fourth-order valence-corrected chi connectivity index (χ4v) is 3.07. The molecule has 0 unspecified atom stereocenters. The van der Waals surface area contributed by atoms with E-state index in [4.69, 9.17) is 0 Å². The normalized spacial score (nSPS) is 18.3. The summed E-state index contributed by atoms with van der Waals surface area (Å²) in [6.07, 6.45) is 2.81. The summed E-state index contributed by atoms with van der Waals surface area (Å²) in [5.41, 5.74) is 0.990. The summed E-state index contributed by atoms with van der Waals surface area (Å²) in [5, 5.41) is 9.47. The predicted octanol–water partition coefficient (Wildman–Crippen LogP) is 3.34. The number of rotatable bonds is 2. The van der Waals surface area contributed by atoms with Gasteiger partial charge in [0, 0.05) is 5.56 Å². The molecule has 17 heavy (non-hydrogen) atoms. The highest BCUT2D eigenvalue weighted by Gasteiger charge is 2.45. The number of carboxylic acids is 1. The number of aliphatic carboxylic acids is 1. The van der Waals surface area contributed by atoms with Crippen LogP contribution >= 0.6 is 0 Å². The zero-order valence-corrected chi connectivity index (χ0v) is 10.2. The van der Waals surface area contributed by atoms with Crippen molar-refractivity contribution in [3.05, 3.63) is 34.6 Å². The van der Waals surface area contributed by atoms with Crippen molar-refractivity contribution in [3.8, 4) is 0 Å². The van der Waals surface area contributed by atoms with E-state index in [0.717, 1.165) is 24.0 Å². The van der Waals surface area contributed by atoms with Crippen LogP contribution in [0, 0.1) is 19.7 Å². The van der Waals surface area contributed by atoms with E-state index >= 15 is 0 Å². The summed E-state index contributed by atoms with van der Waals surface area (Å²) < 4.78 is 14.1. The third-order valence-corrected chi connectivity index (χ3v) is 3.78. The molecule has 0 atom stereocenters. The highest BCUT2D eigenvalue weighted by molar-refractivity contribution is 5.82. The molecule has 0 amide bonds. The summed E-state index contributed by atoms with van der Waals surface area (Å²) in [6, 6.07) is 3.30. The van der Waals surface area contributed by atoms with Gasteiger partial charge in [0.2, 0.25) is 0 Å². The van der Waals surface area contributed by atoms with Crippen LogP contribution in [0.4, 0.5) is 4.39 Å². The minimum Gasteiger partial charge on any atom is -0.481 e. The molecule has 2 rings (SSSR count). The van der Waals surface area contributed by atoms with Gasteiger partial charge in [0.15, 0.2) is 0 Å². The van der Waals surface area contributed by atoms with E-state index in [1.807, 2.05) is 13.0 Å². The molecule has 1 N–H and O–H groups in total. The van der Waals surface area contributed by atoms with Crippen LogP contribution in [-0.4, -0.2) is 11.1 Å². The van der Waals surface area contributed by atoms with Gasteiger partial charge in [0.1, 0.15) is 5.82 Å². The Kier molecular flexibility index (Phi) is 2.94. The molecule has 92 valence electrons. The van der Waals surface area contributed by atoms with Crippen molar-refractivity contribution in [2.45, 2.75) is 44.9 Å². The molecule has 1 saturated carbocycles. The minimum atomic E-state index is -0.998. The van der Waals surface area contributed by atoms with Gasteiger partial charge in [0.25, 0.3) is 0 Å². The average molecular weight is 236 g/mol. The second-order valence-corrected chi connectivity index (χ2v) is 5.03. The van der Waals surface area contributed by atoms with Crippen molar-refractivity contribution in [2.24, 2.45) is 0 Å². The first-order valence-electron chi connectivity index (χ1n) is 5.98. The standard InChI is InChI=1S/C14H17FO2/c1-9-7-10(2)12(11(15)8-9)14(13(16)17)5-3-4-6-14/h7-8H,3-6H2,1-2H3,(H,16,17). The molecule has 0 heterocycles. The lowest BCUT2D eigenvalue weighted by Gasteiger charge is -2.27. The van der Waals surface area contributed by atoms with Crippen molar-refractivity contribution < 1.29 is 14.3 Å². The second kappa shape index (κ2) is 4.13. The SMILES string of the molecule is Cc1cc(C)c(C2(C(=O)O)CCCC2)c(F)c1. The van der Waals surface area contributed by atoms with Gasteiger partial charge in [-0.25, -0.2) is 4.39 Å². The lowest BCUT2D eigenvalue weighted by atomic mass is 9.76. The van der Waals surface area contributed by atoms with Crippen LogP contribution in [0.1, 0.15) is 42.4 Å². The highest BCUT2D eigenvalue weighted by Crippen LogP contribution is 2.43. The number of carboxylic acid groups (broad SMARTS) is 1. The number of hydrogen-bond acceptors (Lipinski definition) is 1. The monoisotopic (exact) mass is 236 g/mol. The Labute approximate surface area is 100 Å². The van der Waals surface area contributed by atoms with Crippen molar-refractivity contribution in [1.82, 2.24) is 0 Å². The Balaban J connectivity index is 2.62. The van der Waals surface area contributed by atoms with E-state index in [-0.39, 0.29) is 5.82 Å². The molecule has 0 saturated heterocycles. The number of hydrogen-bond donors (Lipinski definition) is 1. The molecular formula is C14H17FO2. The van der Waals surface area contributed by atoms with Gasteiger partial charge in [-0.15, -0.1) is 0 Å². The highest BCUT2D eigenvalue weighted by atomic mass is 19.1. The fraction of sp³-hybridized carbons (Fsp3) is 0.500. The third kappa shape index (κ3) is 1.84. The van der Waals surface area contributed by atoms with Crippen LogP contribution in [0.5, 0.6) is 0 Å². The van der Waals surface area contributed by atoms with E-state index < -0.39 is 11.4 Å². The maximum Gasteiger partial charge on any atom is 0.314 e. The predicted molar refractivity (Wildman–Crippen MR) is 63.7 cm³/mol. The van der Waals surface area contributed by atoms with Gasteiger partial charge in [-0.1, -0.05) is 18.9 Å². The summed E-state index contributed by atoms with van der Waals surface area (Å²) in [6.45, 7) is 3.62. The Morgan fingerprint density at radius 1 is 1.29 bits per heavy atom. The Hall–Kier alpha value is -1.38. The van der Waals surface area contributed by atoms with E-state index in [9.17, 15) is 14.3 Å². The maximum atomic E-state index is 14.1. The molecule has 1 aliphatic rings. The molecule has 2 nitrogen and oxygen atoms in total. The molecule has 3 heteroatoms. The Morgan fingerprint density at radius 2 is 1.88 bits per heavy atom. The molecule has 1 aliphatic carbocycles. The first-order valence-corrected chi connectivity index (χ1v) is 5.98. The van der Waals surface area contributed by atoms with Gasteiger partial charge in [-0.05, 0) is 43.9 Å². The van der Waals surface area contributed by atoms with Crippen LogP contribution < -0.4 is 0 Å². The topological polar surface area (TPSA) is 37.3 Å². The Morgan fingerprint density at radius 3 is 2.35 bits per heavy atom. The van der Waals surface area contributed by atoms with Crippen molar-refractivity contribution in [2.75, 3.05) is 0 Å². The zero-order chi connectivity index (χ0) is 12.6. The number of carbonyl (C=O) groups is 1. The van der Waals surface area contributed by atoms with Crippen molar-refractivity contribution >= 4 is 5.97 Å². The van der Waals surface area contributed by atoms with Crippen molar-refractivity contribution in [1.29, 1.82) is 0 Å². The van der Waals surface area contributed by atoms with Crippen LogP contribution in [0.2, 0.25) is 0 Å². The number of halogens is 1. The maximum absolute atomic E-state index is 14.1. The number of aryl methyl sites for hydroxylation is 2. The minimum absolute atomic E-state index is 0.369. The van der Waals surface area contributed by atoms with E-state index in [0.29, 0.717) is 18.4 Å². The van der Waals surface area contributed by atoms with Crippen LogP contribution in [0.3, 0.4) is 0 Å². The van der Waals surface area contributed by atoms with E-state index in [1.165, 1.54) is 6.07 Å². The first kappa shape index (κ1) is 12.1. The van der Waals surface area contributed by atoms with E-state index in [2.05, 4.69) is 0 Å². The number of benzene rings is 1. The van der Waals surface area contributed by atoms with Gasteiger partial charge >= 0.3 is 5.97 Å². The first-order chi connectivity index (χ1) is 7.97. The average Bonchev–Trinajstić information content (AvgIpc) is 2.66. The molecule has 1 fully saturated rings. The Bertz CT molecular complexity index is 436.